The summed E-state index contributed by atoms with van der Waals surface area (Å²) < 4.78 is 0. The molecular weight excluding hydrogens is 324 g/mol. The van der Waals surface area contributed by atoms with Crippen LogP contribution in [-0.4, -0.2) is 16.6 Å². The molecule has 118 valence electrons. The van der Waals surface area contributed by atoms with Crippen LogP contribution in [0.1, 0.15) is 16.0 Å². The maximum absolute atomic E-state index is 12.0. The normalized spacial score (nSPS) is 10.9. The molecule has 0 fully saturated rings. The number of hydrogen-bond donors (Lipinski definition) is 1. The first-order chi connectivity index (χ1) is 11.1. The Morgan fingerprint density at radius 1 is 1.22 bits per heavy atom. The lowest BCUT2D eigenvalue weighted by atomic mass is 10.1. The van der Waals surface area contributed by atoms with Crippen molar-refractivity contribution >= 4 is 39.9 Å². The van der Waals surface area contributed by atoms with Crippen molar-refractivity contribution in [3.8, 4) is 0 Å². The van der Waals surface area contributed by atoms with Crippen LogP contribution in [0.15, 0.2) is 46.8 Å². The number of rotatable bonds is 5. The van der Waals surface area contributed by atoms with E-state index in [1.165, 1.54) is 27.6 Å². The number of thiophene rings is 1. The van der Waals surface area contributed by atoms with Gasteiger partial charge in [-0.3, -0.25) is 4.79 Å². The molecule has 0 saturated carbocycles. The molecule has 0 spiro atoms. The fraction of sp³-hybridized carbons (Fsp3) is 0.222. The van der Waals surface area contributed by atoms with E-state index in [0.29, 0.717) is 12.3 Å². The molecule has 0 aliphatic heterocycles. The number of carbonyl (C=O) groups is 1. The first kappa shape index (κ1) is 16.0. The molecule has 0 aliphatic carbocycles. The number of thioether (sulfide) groups is 1. The number of aryl methyl sites for hydroxylation is 2. The van der Waals surface area contributed by atoms with Gasteiger partial charge in [0.2, 0.25) is 5.91 Å². The van der Waals surface area contributed by atoms with E-state index in [2.05, 4.69) is 43.4 Å². The largest absolute Gasteiger partial charge is 0.350 e. The third kappa shape index (κ3) is 3.92. The van der Waals surface area contributed by atoms with Gasteiger partial charge in [0, 0.05) is 10.3 Å². The van der Waals surface area contributed by atoms with Crippen molar-refractivity contribution in [2.45, 2.75) is 25.4 Å². The van der Waals surface area contributed by atoms with Gasteiger partial charge in [0.15, 0.2) is 0 Å². The molecule has 23 heavy (non-hydrogen) atoms. The summed E-state index contributed by atoms with van der Waals surface area (Å²) in [7, 11) is 0. The van der Waals surface area contributed by atoms with Gasteiger partial charge in [-0.15, -0.1) is 11.3 Å². The second-order valence-electron chi connectivity index (χ2n) is 5.39. The van der Waals surface area contributed by atoms with E-state index in [1.807, 2.05) is 17.5 Å². The quantitative estimate of drug-likeness (QED) is 0.702. The van der Waals surface area contributed by atoms with Crippen LogP contribution in [-0.2, 0) is 11.3 Å². The summed E-state index contributed by atoms with van der Waals surface area (Å²) in [6.45, 7) is 4.75. The van der Waals surface area contributed by atoms with Gasteiger partial charge in [0.25, 0.3) is 0 Å². The van der Waals surface area contributed by atoms with E-state index >= 15 is 0 Å². The maximum Gasteiger partial charge on any atom is 0.230 e. The lowest BCUT2D eigenvalue weighted by Crippen LogP contribution is -2.24. The van der Waals surface area contributed by atoms with E-state index in [0.717, 1.165) is 16.1 Å². The number of fused-ring (bicyclic) bond motifs is 1. The number of pyridine rings is 1. The second kappa shape index (κ2) is 7.15. The van der Waals surface area contributed by atoms with Crippen LogP contribution < -0.4 is 5.32 Å². The summed E-state index contributed by atoms with van der Waals surface area (Å²) in [5, 5.41) is 7.03. The minimum Gasteiger partial charge on any atom is -0.350 e. The Bertz CT molecular complexity index is 828. The first-order valence-electron chi connectivity index (χ1n) is 7.42. The van der Waals surface area contributed by atoms with E-state index in [1.54, 1.807) is 11.3 Å². The van der Waals surface area contributed by atoms with Gasteiger partial charge in [-0.2, -0.15) is 0 Å². The number of carbonyl (C=O) groups excluding carboxylic acids is 1. The summed E-state index contributed by atoms with van der Waals surface area (Å²) in [6, 6.07) is 12.3. The molecule has 0 radical (unpaired) electrons. The van der Waals surface area contributed by atoms with Crippen molar-refractivity contribution in [1.82, 2.24) is 10.3 Å². The highest BCUT2D eigenvalue weighted by Crippen LogP contribution is 2.25. The molecule has 1 aromatic carbocycles. The lowest BCUT2D eigenvalue weighted by molar-refractivity contribution is -0.118. The number of nitrogens with zero attached hydrogens (tertiary/aromatic N) is 1. The minimum absolute atomic E-state index is 0.0349. The third-order valence-corrected chi connectivity index (χ3v) is 5.40. The SMILES string of the molecule is Cc1cc(SCC(=O)NCc2cccs2)nc2c(C)cccc12. The Balaban J connectivity index is 1.65. The predicted molar refractivity (Wildman–Crippen MR) is 98.1 cm³/mol. The number of hydrogen-bond acceptors (Lipinski definition) is 4. The topological polar surface area (TPSA) is 42.0 Å². The Kier molecular flexibility index (Phi) is 4.98. The van der Waals surface area contributed by atoms with Crippen molar-refractivity contribution in [3.63, 3.8) is 0 Å². The number of benzene rings is 1. The molecular formula is C18H18N2OS2. The monoisotopic (exact) mass is 342 g/mol. The molecule has 0 unspecified atom stereocenters. The molecule has 3 nitrogen and oxygen atoms in total. The lowest BCUT2D eigenvalue weighted by Gasteiger charge is -2.08. The molecule has 3 aromatic rings. The van der Waals surface area contributed by atoms with E-state index in [4.69, 9.17) is 4.98 Å². The zero-order chi connectivity index (χ0) is 16.2. The number of amides is 1. The molecule has 0 saturated heterocycles. The van der Waals surface area contributed by atoms with Gasteiger partial charge < -0.3 is 5.32 Å². The summed E-state index contributed by atoms with van der Waals surface area (Å²) in [6.07, 6.45) is 0. The molecule has 3 rings (SSSR count). The smallest absolute Gasteiger partial charge is 0.230 e. The summed E-state index contributed by atoms with van der Waals surface area (Å²) in [4.78, 5) is 17.8. The minimum atomic E-state index is 0.0349. The van der Waals surface area contributed by atoms with Crippen molar-refractivity contribution in [1.29, 1.82) is 0 Å². The van der Waals surface area contributed by atoms with Crippen molar-refractivity contribution in [3.05, 3.63) is 57.8 Å². The van der Waals surface area contributed by atoms with Crippen molar-refractivity contribution in [2.24, 2.45) is 0 Å². The number of aromatic nitrogens is 1. The van der Waals surface area contributed by atoms with Gasteiger partial charge >= 0.3 is 0 Å². The number of nitrogens with one attached hydrogen (secondary N) is 1. The summed E-state index contributed by atoms with van der Waals surface area (Å²) in [5.74, 6) is 0.419. The summed E-state index contributed by atoms with van der Waals surface area (Å²) >= 11 is 3.13. The van der Waals surface area contributed by atoms with Gasteiger partial charge in [-0.05, 0) is 42.5 Å². The van der Waals surface area contributed by atoms with Gasteiger partial charge in [0.1, 0.15) is 0 Å². The first-order valence-corrected chi connectivity index (χ1v) is 9.29. The fourth-order valence-electron chi connectivity index (χ4n) is 2.39. The summed E-state index contributed by atoms with van der Waals surface area (Å²) in [5.41, 5.74) is 3.38. The van der Waals surface area contributed by atoms with E-state index < -0.39 is 0 Å². The molecule has 1 amide bonds. The fourth-order valence-corrected chi connectivity index (χ4v) is 3.84. The molecule has 0 aliphatic rings. The Labute approximate surface area is 144 Å². The van der Waals surface area contributed by atoms with Crippen molar-refractivity contribution in [2.75, 3.05) is 5.75 Å². The highest BCUT2D eigenvalue weighted by molar-refractivity contribution is 7.99. The van der Waals surface area contributed by atoms with Crippen LogP contribution in [0.25, 0.3) is 10.9 Å². The van der Waals surface area contributed by atoms with Gasteiger partial charge in [-0.25, -0.2) is 4.98 Å². The Hall–Kier alpha value is -1.85. The zero-order valence-corrected chi connectivity index (χ0v) is 14.8. The molecule has 5 heteroatoms. The highest BCUT2D eigenvalue weighted by atomic mass is 32.2. The second-order valence-corrected chi connectivity index (χ2v) is 7.42. The van der Waals surface area contributed by atoms with E-state index in [-0.39, 0.29) is 5.91 Å². The van der Waals surface area contributed by atoms with Crippen LogP contribution in [0.2, 0.25) is 0 Å². The molecule has 1 N–H and O–H groups in total. The molecule has 2 heterocycles. The predicted octanol–water partition coefficient (Wildman–Crippen LogP) is 4.32. The van der Waals surface area contributed by atoms with Crippen LogP contribution >= 0.6 is 23.1 Å². The van der Waals surface area contributed by atoms with Crippen LogP contribution in [0.3, 0.4) is 0 Å². The zero-order valence-electron chi connectivity index (χ0n) is 13.1. The van der Waals surface area contributed by atoms with Gasteiger partial charge in [0.05, 0.1) is 22.8 Å². The van der Waals surface area contributed by atoms with Crippen LogP contribution in [0, 0.1) is 13.8 Å². The standard InChI is InChI=1S/C18H18N2OS2/c1-12-5-3-7-15-13(2)9-17(20-18(12)15)23-11-16(21)19-10-14-6-4-8-22-14/h3-9H,10-11H2,1-2H3,(H,19,21). The Morgan fingerprint density at radius 3 is 2.87 bits per heavy atom. The highest BCUT2D eigenvalue weighted by Gasteiger charge is 2.08. The molecule has 0 bridgehead atoms. The van der Waals surface area contributed by atoms with Crippen molar-refractivity contribution < 1.29 is 4.79 Å². The van der Waals surface area contributed by atoms with Crippen LogP contribution in [0.5, 0.6) is 0 Å². The maximum atomic E-state index is 12.0. The molecule has 2 aromatic heterocycles. The third-order valence-electron chi connectivity index (χ3n) is 3.62. The number of para-hydroxylation sites is 1. The average molecular weight is 342 g/mol. The van der Waals surface area contributed by atoms with E-state index in [9.17, 15) is 4.79 Å². The van der Waals surface area contributed by atoms with Gasteiger partial charge in [-0.1, -0.05) is 36.0 Å². The van der Waals surface area contributed by atoms with Crippen LogP contribution in [0.4, 0.5) is 0 Å². The Morgan fingerprint density at radius 2 is 2.09 bits per heavy atom. The molecule has 0 atom stereocenters. The average Bonchev–Trinajstić information content (AvgIpc) is 3.05.